The highest BCUT2D eigenvalue weighted by molar-refractivity contribution is 5.95. The Morgan fingerprint density at radius 3 is 2.83 bits per heavy atom. The summed E-state index contributed by atoms with van der Waals surface area (Å²) in [6.45, 7) is 0.374. The van der Waals surface area contributed by atoms with Gasteiger partial charge in [0.15, 0.2) is 0 Å². The van der Waals surface area contributed by atoms with Gasteiger partial charge >= 0.3 is 11.7 Å². The number of carbonyl (C=O) groups is 2. The summed E-state index contributed by atoms with van der Waals surface area (Å²) in [5.41, 5.74) is 7.30. The fraction of sp³-hybridized carbons (Fsp3) is 0.333. The number of nitrogens with one attached hydrogen (secondary N) is 1. The number of rotatable bonds is 3. The van der Waals surface area contributed by atoms with Crippen LogP contribution in [0.15, 0.2) is 29.3 Å². The van der Waals surface area contributed by atoms with Crippen LogP contribution in [0.1, 0.15) is 12.0 Å². The van der Waals surface area contributed by atoms with E-state index in [2.05, 4.69) is 10.4 Å². The molecule has 0 saturated carbocycles. The number of hydrogen-bond donors (Lipinski definition) is 2. The summed E-state index contributed by atoms with van der Waals surface area (Å²) in [4.78, 5) is 36.8. The molecule has 24 heavy (non-hydrogen) atoms. The van der Waals surface area contributed by atoms with Crippen molar-refractivity contribution in [3.8, 4) is 0 Å². The van der Waals surface area contributed by atoms with Crippen LogP contribution >= 0.6 is 0 Å². The van der Waals surface area contributed by atoms with Gasteiger partial charge in [0, 0.05) is 19.3 Å². The molecule has 1 aromatic heterocycles. The number of fused-ring (bicyclic) bond motifs is 1. The summed E-state index contributed by atoms with van der Waals surface area (Å²) >= 11 is 0. The zero-order valence-electron chi connectivity index (χ0n) is 13.2. The van der Waals surface area contributed by atoms with E-state index in [0.29, 0.717) is 17.9 Å². The van der Waals surface area contributed by atoms with Crippen molar-refractivity contribution in [2.45, 2.75) is 19.4 Å². The Morgan fingerprint density at radius 2 is 2.17 bits per heavy atom. The van der Waals surface area contributed by atoms with E-state index in [4.69, 9.17) is 5.73 Å². The fourth-order valence-corrected chi connectivity index (χ4v) is 2.75. The van der Waals surface area contributed by atoms with Crippen LogP contribution in [0, 0.1) is 0 Å². The van der Waals surface area contributed by atoms with Crippen LogP contribution < -0.4 is 21.6 Å². The highest BCUT2D eigenvalue weighted by Gasteiger charge is 2.21. The van der Waals surface area contributed by atoms with Crippen molar-refractivity contribution in [3.63, 3.8) is 0 Å². The van der Waals surface area contributed by atoms with E-state index in [1.807, 2.05) is 6.07 Å². The number of amides is 3. The molecule has 2 aromatic rings. The third kappa shape index (κ3) is 3.00. The molecule has 3 amide bonds. The summed E-state index contributed by atoms with van der Waals surface area (Å²) in [6.07, 6.45) is 3.06. The minimum absolute atomic E-state index is 0.184. The van der Waals surface area contributed by atoms with Gasteiger partial charge in [0.05, 0.1) is 5.69 Å². The number of hydrogen-bond acceptors (Lipinski definition) is 4. The van der Waals surface area contributed by atoms with Crippen LogP contribution in [0.4, 0.5) is 16.2 Å². The molecule has 126 valence electrons. The maximum atomic E-state index is 12.1. The van der Waals surface area contributed by atoms with Crippen LogP contribution in [0.25, 0.3) is 0 Å². The molecule has 0 saturated heterocycles. The first-order valence-electron chi connectivity index (χ1n) is 7.54. The van der Waals surface area contributed by atoms with Gasteiger partial charge in [-0.15, -0.1) is 0 Å². The zero-order valence-corrected chi connectivity index (χ0v) is 13.2. The van der Waals surface area contributed by atoms with Crippen molar-refractivity contribution >= 4 is 23.3 Å². The molecule has 9 heteroatoms. The monoisotopic (exact) mass is 330 g/mol. The maximum Gasteiger partial charge on any atom is 0.345 e. The first-order chi connectivity index (χ1) is 11.5. The highest BCUT2D eigenvalue weighted by Crippen LogP contribution is 2.29. The van der Waals surface area contributed by atoms with E-state index in [-0.39, 0.29) is 18.1 Å². The van der Waals surface area contributed by atoms with E-state index in [1.54, 1.807) is 19.2 Å². The number of primary amides is 1. The molecule has 1 aromatic carbocycles. The number of anilines is 2. The highest BCUT2D eigenvalue weighted by atomic mass is 16.2. The third-order valence-electron chi connectivity index (χ3n) is 3.93. The summed E-state index contributed by atoms with van der Waals surface area (Å²) in [5, 5.41) is 6.55. The maximum absolute atomic E-state index is 12.1. The normalized spacial score (nSPS) is 13.5. The van der Waals surface area contributed by atoms with E-state index in [0.717, 1.165) is 23.1 Å². The van der Waals surface area contributed by atoms with Crippen molar-refractivity contribution in [3.05, 3.63) is 40.6 Å². The molecule has 9 nitrogen and oxygen atoms in total. The molecular formula is C15H18N6O3. The molecule has 1 aliphatic heterocycles. The number of benzene rings is 1. The second kappa shape index (κ2) is 6.19. The van der Waals surface area contributed by atoms with Gasteiger partial charge in [-0.1, -0.05) is 6.07 Å². The van der Waals surface area contributed by atoms with Crippen molar-refractivity contribution in [1.29, 1.82) is 0 Å². The second-order valence-corrected chi connectivity index (χ2v) is 5.67. The van der Waals surface area contributed by atoms with Crippen molar-refractivity contribution in [1.82, 2.24) is 14.3 Å². The first-order valence-corrected chi connectivity index (χ1v) is 7.54. The van der Waals surface area contributed by atoms with Gasteiger partial charge in [-0.05, 0) is 30.5 Å². The van der Waals surface area contributed by atoms with Gasteiger partial charge in [0.1, 0.15) is 12.9 Å². The Kier molecular flexibility index (Phi) is 4.07. The molecule has 0 radical (unpaired) electrons. The molecular weight excluding hydrogens is 312 g/mol. The predicted octanol–water partition coefficient (Wildman–Crippen LogP) is 0.0518. The van der Waals surface area contributed by atoms with Crippen LogP contribution in [0.3, 0.4) is 0 Å². The van der Waals surface area contributed by atoms with E-state index >= 15 is 0 Å². The first kappa shape index (κ1) is 15.8. The number of nitrogens with zero attached hydrogens (tertiary/aromatic N) is 4. The number of aromatic nitrogens is 3. The van der Waals surface area contributed by atoms with Crippen LogP contribution in [-0.2, 0) is 24.8 Å². The molecule has 0 bridgehead atoms. The van der Waals surface area contributed by atoms with E-state index < -0.39 is 6.03 Å². The molecule has 2 heterocycles. The molecule has 0 unspecified atom stereocenters. The van der Waals surface area contributed by atoms with Crippen LogP contribution in [-0.4, -0.2) is 32.8 Å². The lowest BCUT2D eigenvalue weighted by atomic mass is 10.0. The quantitative estimate of drug-likeness (QED) is 0.827. The summed E-state index contributed by atoms with van der Waals surface area (Å²) in [7, 11) is 1.56. The zero-order chi connectivity index (χ0) is 17.3. The van der Waals surface area contributed by atoms with Gasteiger partial charge in [-0.2, -0.15) is 5.10 Å². The number of nitrogens with two attached hydrogens (primary N) is 1. The fourth-order valence-electron chi connectivity index (χ4n) is 2.75. The molecule has 0 atom stereocenters. The number of aryl methyl sites for hydroxylation is 2. The molecule has 1 aliphatic rings. The predicted molar refractivity (Wildman–Crippen MR) is 87.8 cm³/mol. The van der Waals surface area contributed by atoms with Gasteiger partial charge in [-0.25, -0.2) is 14.3 Å². The van der Waals surface area contributed by atoms with Gasteiger partial charge in [0.25, 0.3) is 0 Å². The molecule has 0 fully saturated rings. The largest absolute Gasteiger partial charge is 0.351 e. The Bertz CT molecular complexity index is 853. The molecule has 0 spiro atoms. The average molecular weight is 330 g/mol. The SMILES string of the molecule is Cn1cnn(CC(=O)Nc2ccc3c(c2)N(C(N)=O)CCC3)c1=O. The van der Waals surface area contributed by atoms with Crippen LogP contribution in [0.5, 0.6) is 0 Å². The van der Waals surface area contributed by atoms with E-state index in [9.17, 15) is 14.4 Å². The standard InChI is InChI=1S/C15H18N6O3/c1-19-9-17-21(15(19)24)8-13(22)18-11-5-4-10-3-2-6-20(14(16)23)12(10)7-11/h4-5,7,9H,2-3,6,8H2,1H3,(H2,16,23)(H,18,22). The van der Waals surface area contributed by atoms with E-state index in [1.165, 1.54) is 15.8 Å². The second-order valence-electron chi connectivity index (χ2n) is 5.67. The van der Waals surface area contributed by atoms with Gasteiger partial charge < -0.3 is 11.1 Å². The third-order valence-corrected chi connectivity index (χ3v) is 3.93. The lowest BCUT2D eigenvalue weighted by molar-refractivity contribution is -0.117. The van der Waals surface area contributed by atoms with Crippen molar-refractivity contribution in [2.24, 2.45) is 12.8 Å². The molecule has 3 rings (SSSR count). The van der Waals surface area contributed by atoms with Crippen molar-refractivity contribution < 1.29 is 9.59 Å². The Hall–Kier alpha value is -3.10. The Morgan fingerprint density at radius 1 is 1.38 bits per heavy atom. The number of carbonyl (C=O) groups excluding carboxylic acids is 2. The summed E-state index contributed by atoms with van der Waals surface area (Å²) < 4.78 is 2.36. The van der Waals surface area contributed by atoms with Gasteiger partial charge in [-0.3, -0.25) is 14.3 Å². The van der Waals surface area contributed by atoms with Crippen molar-refractivity contribution in [2.75, 3.05) is 16.8 Å². The topological polar surface area (TPSA) is 115 Å². The average Bonchev–Trinajstić information content (AvgIpc) is 2.86. The Balaban J connectivity index is 1.77. The lowest BCUT2D eigenvalue weighted by Gasteiger charge is -2.28. The molecule has 0 aliphatic carbocycles. The van der Waals surface area contributed by atoms with Gasteiger partial charge in [0.2, 0.25) is 5.91 Å². The number of urea groups is 1. The smallest absolute Gasteiger partial charge is 0.345 e. The molecule has 3 N–H and O–H groups in total. The van der Waals surface area contributed by atoms with Crippen LogP contribution in [0.2, 0.25) is 0 Å². The lowest BCUT2D eigenvalue weighted by Crippen LogP contribution is -2.39. The summed E-state index contributed by atoms with van der Waals surface area (Å²) in [6, 6.07) is 4.84. The Labute approximate surface area is 137 Å². The minimum Gasteiger partial charge on any atom is -0.351 e. The minimum atomic E-state index is -0.514. The summed E-state index contributed by atoms with van der Waals surface area (Å²) in [5.74, 6) is -0.378.